The Morgan fingerprint density at radius 2 is 1.75 bits per heavy atom. The first-order chi connectivity index (χ1) is 9.83. The number of anilines is 1. The van der Waals surface area contributed by atoms with Crippen LogP contribution in [0.5, 0.6) is 0 Å². The van der Waals surface area contributed by atoms with Gasteiger partial charge in [0, 0.05) is 22.8 Å². The van der Waals surface area contributed by atoms with Crippen molar-refractivity contribution in [3.8, 4) is 11.1 Å². The summed E-state index contributed by atoms with van der Waals surface area (Å²) in [5.74, 6) is 0. The van der Waals surface area contributed by atoms with Gasteiger partial charge in [-0.2, -0.15) is 0 Å². The lowest BCUT2D eigenvalue weighted by molar-refractivity contribution is 1.42. The molecule has 2 aromatic heterocycles. The molecule has 4 aromatic rings. The van der Waals surface area contributed by atoms with Crippen molar-refractivity contribution in [3.05, 3.63) is 60.8 Å². The molecule has 3 nitrogen and oxygen atoms in total. The van der Waals surface area contributed by atoms with E-state index in [9.17, 15) is 0 Å². The quantitative estimate of drug-likeness (QED) is 0.508. The Balaban J connectivity index is 2.07. The number of benzene rings is 2. The second-order valence-electron chi connectivity index (χ2n) is 4.87. The highest BCUT2D eigenvalue weighted by molar-refractivity contribution is 6.09. The van der Waals surface area contributed by atoms with Crippen molar-refractivity contribution < 1.29 is 0 Å². The number of pyridine rings is 1. The number of aromatic nitrogens is 2. The highest BCUT2D eigenvalue weighted by Gasteiger charge is 2.09. The van der Waals surface area contributed by atoms with Crippen LogP contribution in [-0.4, -0.2) is 9.97 Å². The summed E-state index contributed by atoms with van der Waals surface area (Å²) in [4.78, 5) is 7.93. The third-order valence-electron chi connectivity index (χ3n) is 3.61. The van der Waals surface area contributed by atoms with Crippen LogP contribution in [0.2, 0.25) is 0 Å². The molecule has 20 heavy (non-hydrogen) atoms. The maximum Gasteiger partial charge on any atom is 0.0957 e. The summed E-state index contributed by atoms with van der Waals surface area (Å²) in [6.07, 6.45) is 1.82. The average Bonchev–Trinajstić information content (AvgIpc) is 2.87. The number of H-pyrrole nitrogens is 1. The largest absolute Gasteiger partial charge is 0.399 e. The van der Waals surface area contributed by atoms with Crippen LogP contribution in [0, 0.1) is 0 Å². The van der Waals surface area contributed by atoms with Crippen molar-refractivity contribution >= 4 is 27.6 Å². The van der Waals surface area contributed by atoms with Crippen molar-refractivity contribution in [3.63, 3.8) is 0 Å². The van der Waals surface area contributed by atoms with Crippen molar-refractivity contribution in [1.29, 1.82) is 0 Å². The van der Waals surface area contributed by atoms with Crippen LogP contribution in [0.15, 0.2) is 60.8 Å². The summed E-state index contributed by atoms with van der Waals surface area (Å²) >= 11 is 0. The summed E-state index contributed by atoms with van der Waals surface area (Å²) in [5.41, 5.74) is 12.0. The van der Waals surface area contributed by atoms with E-state index in [1.165, 1.54) is 5.56 Å². The van der Waals surface area contributed by atoms with E-state index in [0.717, 1.165) is 33.2 Å². The molecular weight excluding hydrogens is 246 g/mol. The van der Waals surface area contributed by atoms with Gasteiger partial charge in [-0.1, -0.05) is 30.3 Å². The Hall–Kier alpha value is -2.81. The lowest BCUT2D eigenvalue weighted by Gasteiger charge is -2.04. The fourth-order valence-corrected chi connectivity index (χ4v) is 2.64. The zero-order valence-corrected chi connectivity index (χ0v) is 10.8. The number of para-hydroxylation sites is 1. The standard InChI is InChI=1S/C17H13N3/c18-12-8-6-11(7-9-12)13-3-1-4-14-16(13)20-15-5-2-10-19-17(14)15/h1-10,20H,18H2. The van der Waals surface area contributed by atoms with Crippen LogP contribution in [0.4, 0.5) is 5.69 Å². The van der Waals surface area contributed by atoms with E-state index in [1.54, 1.807) is 0 Å². The first-order valence-corrected chi connectivity index (χ1v) is 6.54. The second kappa shape index (κ2) is 4.10. The smallest absolute Gasteiger partial charge is 0.0957 e. The minimum atomic E-state index is 0.777. The average molecular weight is 259 g/mol. The molecule has 3 heteroatoms. The molecule has 0 bridgehead atoms. The highest BCUT2D eigenvalue weighted by Crippen LogP contribution is 2.32. The predicted molar refractivity (Wildman–Crippen MR) is 83.4 cm³/mol. The van der Waals surface area contributed by atoms with Gasteiger partial charge in [0.2, 0.25) is 0 Å². The molecule has 0 aliphatic carbocycles. The van der Waals surface area contributed by atoms with Crippen LogP contribution in [-0.2, 0) is 0 Å². The van der Waals surface area contributed by atoms with Crippen LogP contribution in [0.3, 0.4) is 0 Å². The summed E-state index contributed by atoms with van der Waals surface area (Å²) in [5, 5.41) is 1.15. The minimum absolute atomic E-state index is 0.777. The molecule has 0 atom stereocenters. The van der Waals surface area contributed by atoms with Gasteiger partial charge in [0.25, 0.3) is 0 Å². The van der Waals surface area contributed by atoms with E-state index in [4.69, 9.17) is 5.73 Å². The molecule has 0 spiro atoms. The molecule has 0 saturated carbocycles. The van der Waals surface area contributed by atoms with Crippen molar-refractivity contribution in [1.82, 2.24) is 9.97 Å². The van der Waals surface area contributed by atoms with Crippen LogP contribution in [0.1, 0.15) is 0 Å². The van der Waals surface area contributed by atoms with Crippen LogP contribution in [0.25, 0.3) is 33.1 Å². The Bertz CT molecular complexity index is 904. The van der Waals surface area contributed by atoms with Gasteiger partial charge in [-0.3, -0.25) is 4.98 Å². The number of aromatic amines is 1. The number of hydrogen-bond acceptors (Lipinski definition) is 2. The maximum atomic E-state index is 5.76. The monoisotopic (exact) mass is 259 g/mol. The van der Waals surface area contributed by atoms with Gasteiger partial charge < -0.3 is 10.7 Å². The molecule has 2 aromatic carbocycles. The number of hydrogen-bond donors (Lipinski definition) is 2. The Labute approximate surface area is 116 Å². The molecule has 2 heterocycles. The lowest BCUT2D eigenvalue weighted by Crippen LogP contribution is -1.84. The summed E-state index contributed by atoms with van der Waals surface area (Å²) in [6.45, 7) is 0. The summed E-state index contributed by atoms with van der Waals surface area (Å²) in [6, 6.07) is 18.2. The minimum Gasteiger partial charge on any atom is -0.399 e. The van der Waals surface area contributed by atoms with E-state index in [1.807, 2.05) is 36.5 Å². The normalized spacial score (nSPS) is 11.2. The second-order valence-corrected chi connectivity index (χ2v) is 4.87. The Morgan fingerprint density at radius 3 is 2.60 bits per heavy atom. The number of nitrogen functional groups attached to an aromatic ring is 1. The van der Waals surface area contributed by atoms with Gasteiger partial charge in [-0.15, -0.1) is 0 Å². The molecular formula is C17H13N3. The van der Waals surface area contributed by atoms with Gasteiger partial charge in [-0.05, 0) is 29.8 Å². The molecule has 0 radical (unpaired) electrons. The van der Waals surface area contributed by atoms with E-state index < -0.39 is 0 Å². The van der Waals surface area contributed by atoms with Crippen molar-refractivity contribution in [2.75, 3.05) is 5.73 Å². The van der Waals surface area contributed by atoms with E-state index in [2.05, 4.69) is 34.2 Å². The van der Waals surface area contributed by atoms with E-state index in [-0.39, 0.29) is 0 Å². The highest BCUT2D eigenvalue weighted by atomic mass is 14.8. The third-order valence-corrected chi connectivity index (χ3v) is 3.61. The SMILES string of the molecule is Nc1ccc(-c2cccc3c2[nH]c2cccnc23)cc1. The number of nitrogens with one attached hydrogen (secondary N) is 1. The molecule has 3 N–H and O–H groups in total. The summed E-state index contributed by atoms with van der Waals surface area (Å²) in [7, 11) is 0. The molecule has 0 aliphatic rings. The van der Waals surface area contributed by atoms with Gasteiger partial charge >= 0.3 is 0 Å². The zero-order valence-electron chi connectivity index (χ0n) is 10.8. The van der Waals surface area contributed by atoms with E-state index in [0.29, 0.717) is 0 Å². The molecule has 0 saturated heterocycles. The number of fused-ring (bicyclic) bond motifs is 3. The number of nitrogens with zero attached hydrogens (tertiary/aromatic N) is 1. The summed E-state index contributed by atoms with van der Waals surface area (Å²) < 4.78 is 0. The van der Waals surface area contributed by atoms with Crippen LogP contribution >= 0.6 is 0 Å². The first kappa shape index (κ1) is 11.1. The predicted octanol–water partition coefficient (Wildman–Crippen LogP) is 3.97. The zero-order chi connectivity index (χ0) is 13.5. The van der Waals surface area contributed by atoms with E-state index >= 15 is 0 Å². The van der Waals surface area contributed by atoms with Gasteiger partial charge in [0.1, 0.15) is 0 Å². The lowest BCUT2D eigenvalue weighted by atomic mass is 10.0. The third kappa shape index (κ3) is 1.57. The van der Waals surface area contributed by atoms with Gasteiger partial charge in [-0.25, -0.2) is 0 Å². The molecule has 0 aliphatic heterocycles. The molecule has 0 amide bonds. The Morgan fingerprint density at radius 1 is 0.900 bits per heavy atom. The molecule has 4 rings (SSSR count). The molecule has 0 fully saturated rings. The molecule has 0 unspecified atom stereocenters. The van der Waals surface area contributed by atoms with Gasteiger partial charge in [0.05, 0.1) is 16.6 Å². The fourth-order valence-electron chi connectivity index (χ4n) is 2.64. The topological polar surface area (TPSA) is 54.7 Å². The number of nitrogens with two attached hydrogens (primary N) is 1. The van der Waals surface area contributed by atoms with Crippen molar-refractivity contribution in [2.24, 2.45) is 0 Å². The Kier molecular flexibility index (Phi) is 2.27. The molecule has 96 valence electrons. The number of rotatable bonds is 1. The van der Waals surface area contributed by atoms with Crippen LogP contribution < -0.4 is 5.73 Å². The van der Waals surface area contributed by atoms with Crippen molar-refractivity contribution in [2.45, 2.75) is 0 Å². The fraction of sp³-hybridized carbons (Fsp3) is 0. The maximum absolute atomic E-state index is 5.76. The first-order valence-electron chi connectivity index (χ1n) is 6.54. The van der Waals surface area contributed by atoms with Gasteiger partial charge in [0.15, 0.2) is 0 Å².